The first-order valence-corrected chi connectivity index (χ1v) is 9.31. The number of nitrogens with one attached hydrogen (secondary N) is 2. The molecule has 2 unspecified atom stereocenters. The van der Waals surface area contributed by atoms with Crippen LogP contribution in [0.15, 0.2) is 24.3 Å². The number of amides is 2. The van der Waals surface area contributed by atoms with Gasteiger partial charge in [0.25, 0.3) is 5.91 Å². The Morgan fingerprint density at radius 3 is 2.67 bits per heavy atom. The van der Waals surface area contributed by atoms with E-state index in [9.17, 15) is 9.59 Å². The van der Waals surface area contributed by atoms with Gasteiger partial charge in [-0.3, -0.25) is 9.59 Å². The molecule has 4 nitrogen and oxygen atoms in total. The summed E-state index contributed by atoms with van der Waals surface area (Å²) in [5, 5.41) is 6.53. The molecule has 0 heterocycles. The second-order valence-corrected chi connectivity index (χ2v) is 6.96. The molecule has 5 heteroatoms. The average molecular weight is 351 g/mol. The largest absolute Gasteiger partial charge is 0.353 e. The van der Waals surface area contributed by atoms with Gasteiger partial charge in [-0.05, 0) is 49.4 Å². The Kier molecular flexibility index (Phi) is 7.57. The summed E-state index contributed by atoms with van der Waals surface area (Å²) >= 11 is 5.80. The Morgan fingerprint density at radius 2 is 1.96 bits per heavy atom. The van der Waals surface area contributed by atoms with Gasteiger partial charge in [0.05, 0.1) is 0 Å². The summed E-state index contributed by atoms with van der Waals surface area (Å²) in [6, 6.07) is 7.03. The molecule has 0 spiro atoms. The van der Waals surface area contributed by atoms with Gasteiger partial charge in [-0.2, -0.15) is 0 Å². The maximum Gasteiger partial charge on any atom is 0.251 e. The van der Waals surface area contributed by atoms with Crippen LogP contribution >= 0.6 is 11.6 Å². The first-order chi connectivity index (χ1) is 11.6. The Hall–Kier alpha value is -1.55. The molecule has 2 N–H and O–H groups in total. The lowest BCUT2D eigenvalue weighted by atomic mass is 9.97. The van der Waals surface area contributed by atoms with Gasteiger partial charge in [0.2, 0.25) is 5.91 Å². The molecule has 24 heavy (non-hydrogen) atoms. The number of hydrogen-bond acceptors (Lipinski definition) is 2. The molecule has 0 aliphatic heterocycles. The van der Waals surface area contributed by atoms with E-state index in [-0.39, 0.29) is 11.8 Å². The number of rotatable bonds is 8. The minimum absolute atomic E-state index is 0.0276. The monoisotopic (exact) mass is 350 g/mol. The molecule has 132 valence electrons. The smallest absolute Gasteiger partial charge is 0.251 e. The van der Waals surface area contributed by atoms with Crippen molar-refractivity contribution in [1.29, 1.82) is 0 Å². The molecule has 1 saturated carbocycles. The van der Waals surface area contributed by atoms with E-state index in [1.165, 1.54) is 32.1 Å². The van der Waals surface area contributed by atoms with E-state index < -0.39 is 0 Å². The van der Waals surface area contributed by atoms with Gasteiger partial charge in [-0.15, -0.1) is 0 Å². The van der Waals surface area contributed by atoms with E-state index in [1.54, 1.807) is 24.3 Å². The summed E-state index contributed by atoms with van der Waals surface area (Å²) in [6.45, 7) is 2.55. The van der Waals surface area contributed by atoms with Crippen LogP contribution in [0, 0.1) is 5.92 Å². The van der Waals surface area contributed by atoms with Crippen LogP contribution in [-0.2, 0) is 4.79 Å². The highest BCUT2D eigenvalue weighted by Crippen LogP contribution is 2.29. The zero-order valence-electron chi connectivity index (χ0n) is 14.3. The van der Waals surface area contributed by atoms with Crippen molar-refractivity contribution in [2.24, 2.45) is 5.92 Å². The number of halogens is 1. The molecule has 0 bridgehead atoms. The number of hydrogen-bond donors (Lipinski definition) is 2. The third-order valence-electron chi connectivity index (χ3n) is 4.68. The molecule has 0 saturated heterocycles. The molecule has 0 aromatic heterocycles. The average Bonchev–Trinajstić information content (AvgIpc) is 3.00. The maximum atomic E-state index is 12.1. The van der Waals surface area contributed by atoms with Crippen molar-refractivity contribution in [3.8, 4) is 0 Å². The molecule has 1 aliphatic rings. The molecule has 1 aromatic rings. The molecular weight excluding hydrogens is 324 g/mol. The van der Waals surface area contributed by atoms with Crippen molar-refractivity contribution >= 4 is 23.4 Å². The van der Waals surface area contributed by atoms with Crippen molar-refractivity contribution in [2.75, 3.05) is 6.54 Å². The maximum absolute atomic E-state index is 12.1. The molecule has 1 fully saturated rings. The number of benzene rings is 1. The minimum atomic E-state index is -0.179. The van der Waals surface area contributed by atoms with E-state index in [4.69, 9.17) is 11.6 Å². The van der Waals surface area contributed by atoms with Crippen LogP contribution in [0.5, 0.6) is 0 Å². The van der Waals surface area contributed by atoms with Gasteiger partial charge in [0.1, 0.15) is 0 Å². The molecule has 2 amide bonds. The number of carbonyl (C=O) groups is 2. The van der Waals surface area contributed by atoms with Crippen LogP contribution in [0.4, 0.5) is 0 Å². The summed E-state index contributed by atoms with van der Waals surface area (Å²) in [5.74, 6) is 0.471. The van der Waals surface area contributed by atoms with Crippen molar-refractivity contribution in [3.05, 3.63) is 34.9 Å². The fourth-order valence-electron chi connectivity index (χ4n) is 3.31. The van der Waals surface area contributed by atoms with Crippen LogP contribution in [0.25, 0.3) is 0 Å². The lowest BCUT2D eigenvalue weighted by Gasteiger charge is -2.21. The SMILES string of the molecule is CCCCC1CCCC1NC(=O)CCNC(=O)c1ccc(Cl)cc1. The lowest BCUT2D eigenvalue weighted by Crippen LogP contribution is -2.39. The third-order valence-corrected chi connectivity index (χ3v) is 4.93. The highest BCUT2D eigenvalue weighted by molar-refractivity contribution is 6.30. The fourth-order valence-corrected chi connectivity index (χ4v) is 3.44. The van der Waals surface area contributed by atoms with Crippen LogP contribution in [-0.4, -0.2) is 24.4 Å². The van der Waals surface area contributed by atoms with E-state index in [1.807, 2.05) is 0 Å². The molecule has 2 rings (SSSR count). The van der Waals surface area contributed by atoms with Gasteiger partial charge >= 0.3 is 0 Å². The lowest BCUT2D eigenvalue weighted by molar-refractivity contribution is -0.121. The number of unbranched alkanes of at least 4 members (excludes halogenated alkanes) is 1. The van der Waals surface area contributed by atoms with Gasteiger partial charge in [0, 0.05) is 29.6 Å². The first kappa shape index (κ1) is 18.8. The second kappa shape index (κ2) is 9.67. The van der Waals surface area contributed by atoms with Gasteiger partial charge in [-0.25, -0.2) is 0 Å². The van der Waals surface area contributed by atoms with Crippen molar-refractivity contribution < 1.29 is 9.59 Å². The molecule has 0 radical (unpaired) electrons. The predicted octanol–water partition coefficient (Wildman–Crippen LogP) is 3.94. The molecular formula is C19H27ClN2O2. The van der Waals surface area contributed by atoms with E-state index in [0.717, 1.165) is 6.42 Å². The van der Waals surface area contributed by atoms with E-state index >= 15 is 0 Å². The van der Waals surface area contributed by atoms with Gasteiger partial charge < -0.3 is 10.6 Å². The zero-order valence-corrected chi connectivity index (χ0v) is 15.1. The normalized spacial score (nSPS) is 19.9. The van der Waals surface area contributed by atoms with Gasteiger partial charge in [-0.1, -0.05) is 37.8 Å². The quantitative estimate of drug-likeness (QED) is 0.746. The standard InChI is InChI=1S/C19H27ClN2O2/c1-2-3-5-14-6-4-7-17(14)22-18(23)12-13-21-19(24)15-8-10-16(20)11-9-15/h8-11,14,17H,2-7,12-13H2,1H3,(H,21,24)(H,22,23). The Labute approximate surface area is 149 Å². The number of carbonyl (C=O) groups excluding carboxylic acids is 2. The van der Waals surface area contributed by atoms with Crippen LogP contribution in [0.3, 0.4) is 0 Å². The topological polar surface area (TPSA) is 58.2 Å². The van der Waals surface area contributed by atoms with Crippen LogP contribution in [0.1, 0.15) is 62.2 Å². The second-order valence-electron chi connectivity index (χ2n) is 6.52. The summed E-state index contributed by atoms with van der Waals surface area (Å²) in [5.41, 5.74) is 0.551. The van der Waals surface area contributed by atoms with Gasteiger partial charge in [0.15, 0.2) is 0 Å². The Morgan fingerprint density at radius 1 is 1.21 bits per heavy atom. The molecule has 2 atom stereocenters. The highest BCUT2D eigenvalue weighted by Gasteiger charge is 2.27. The Balaban J connectivity index is 1.69. The van der Waals surface area contributed by atoms with E-state index in [0.29, 0.717) is 35.5 Å². The van der Waals surface area contributed by atoms with Crippen molar-refractivity contribution in [3.63, 3.8) is 0 Å². The summed E-state index contributed by atoms with van der Waals surface area (Å²) in [4.78, 5) is 24.1. The van der Waals surface area contributed by atoms with Crippen molar-refractivity contribution in [2.45, 2.75) is 57.9 Å². The fraction of sp³-hybridized carbons (Fsp3) is 0.579. The molecule has 1 aliphatic carbocycles. The zero-order chi connectivity index (χ0) is 17.4. The summed E-state index contributed by atoms with van der Waals surface area (Å²) < 4.78 is 0. The van der Waals surface area contributed by atoms with E-state index in [2.05, 4.69) is 17.6 Å². The van der Waals surface area contributed by atoms with Crippen molar-refractivity contribution in [1.82, 2.24) is 10.6 Å². The summed E-state index contributed by atoms with van der Waals surface area (Å²) in [6.07, 6.45) is 7.45. The molecule has 1 aromatic carbocycles. The highest BCUT2D eigenvalue weighted by atomic mass is 35.5. The van der Waals surface area contributed by atoms with Crippen LogP contribution in [0.2, 0.25) is 5.02 Å². The van der Waals surface area contributed by atoms with Crippen LogP contribution < -0.4 is 10.6 Å². The summed E-state index contributed by atoms with van der Waals surface area (Å²) in [7, 11) is 0. The Bertz CT molecular complexity index is 545. The minimum Gasteiger partial charge on any atom is -0.353 e. The third kappa shape index (κ3) is 5.82. The predicted molar refractivity (Wildman–Crippen MR) is 97.2 cm³/mol. The first-order valence-electron chi connectivity index (χ1n) is 8.93.